The van der Waals surface area contributed by atoms with E-state index in [4.69, 9.17) is 20.9 Å². The number of aromatic nitrogens is 1. The molecule has 0 bridgehead atoms. The highest BCUT2D eigenvalue weighted by molar-refractivity contribution is 5.99. The Kier molecular flexibility index (Phi) is 19.2. The second-order valence-electron chi connectivity index (χ2n) is 19.5. The minimum absolute atomic E-state index is 0.0240. The normalized spacial score (nSPS) is 21.7. The number of alkyl carbamates (subject to hydrolysis) is 1. The predicted octanol–water partition coefficient (Wildman–Crippen LogP) is 4.46. The van der Waals surface area contributed by atoms with Crippen molar-refractivity contribution in [2.24, 2.45) is 17.4 Å². The van der Waals surface area contributed by atoms with Gasteiger partial charge < -0.3 is 57.4 Å². The van der Waals surface area contributed by atoms with Gasteiger partial charge >= 0.3 is 6.09 Å². The summed E-state index contributed by atoms with van der Waals surface area (Å²) < 4.78 is 11.8. The standard InChI is InChI=1S/C59H67N9O9/c60-27-13-12-20-42-33-52(69)48(32-43-35-63-47-22-11-10-21-46(43)47)64-57(73)53(41-18-8-3-9-19-41)67-56(72)51-34-45(77-59(75)62-29-28-61)36-68(51)58(74)50(31-38-14-4-1-5-15-38)66-55(71)49(65-54(42)70)30-39-23-25-44(26-24-39)76-37-40-16-6-2-7-17-40/h1-11,14-19,21-26,35,42,45,48-51,53,63H,12-13,20,27-34,36-37,60-61H2,(H,62,75)(H,64,73)(H,65,70)(H,66,71)(H,67,72)/t42-,45-,48-,49+,50+,51+,53+/m1/s1. The van der Waals surface area contributed by atoms with Gasteiger partial charge in [0.05, 0.1) is 12.6 Å². The van der Waals surface area contributed by atoms with E-state index in [0.717, 1.165) is 22.0 Å². The van der Waals surface area contributed by atoms with Crippen molar-refractivity contribution in [3.05, 3.63) is 174 Å². The molecular formula is C59H67N9O9. The van der Waals surface area contributed by atoms with Gasteiger partial charge in [-0.2, -0.15) is 0 Å². The van der Waals surface area contributed by atoms with E-state index in [1.165, 1.54) is 4.90 Å². The number of carbonyl (C=O) groups excluding carboxylic acids is 7. The van der Waals surface area contributed by atoms with Crippen LogP contribution in [-0.4, -0.2) is 108 Å². The first-order valence-electron chi connectivity index (χ1n) is 26.2. The molecule has 5 aromatic carbocycles. The van der Waals surface area contributed by atoms with E-state index in [9.17, 15) is 19.2 Å². The zero-order valence-corrected chi connectivity index (χ0v) is 42.9. The van der Waals surface area contributed by atoms with E-state index in [1.54, 1.807) is 85.1 Å². The van der Waals surface area contributed by atoms with Crippen molar-refractivity contribution in [3.63, 3.8) is 0 Å². The molecule has 0 spiro atoms. The maximum atomic E-state index is 15.3. The number of fused-ring (bicyclic) bond motifs is 2. The fraction of sp³-hybridized carbons (Fsp3) is 0.339. The number of unbranched alkanes of at least 4 members (excludes halogenated alkanes) is 1. The van der Waals surface area contributed by atoms with Gasteiger partial charge in [-0.25, -0.2) is 4.79 Å². The lowest BCUT2D eigenvalue weighted by atomic mass is 9.89. The summed E-state index contributed by atoms with van der Waals surface area (Å²) in [5.74, 6) is -4.27. The molecule has 0 saturated carbocycles. The molecule has 6 amide bonds. The second kappa shape index (κ2) is 26.9. The number of nitrogens with zero attached hydrogens (tertiary/aromatic N) is 1. The summed E-state index contributed by atoms with van der Waals surface area (Å²) in [6, 6.07) is 35.3. The number of hydrogen-bond donors (Lipinski definition) is 8. The molecule has 18 nitrogen and oxygen atoms in total. The Balaban J connectivity index is 1.19. The SMILES string of the molecule is NCCCC[C@@H]1CC(=O)[C@@H](Cc2c[nH]c3ccccc23)NC(=O)[C@H](c2ccccc2)NC(=O)[C@@H]2C[C@@H](OC(=O)NCCN)CN2C(=O)[C@H](Cc2ccccc2)NC(=O)[C@H](Cc2ccc(OCc3ccccc3)cc2)NC1=O. The Hall–Kier alpha value is -8.35. The van der Waals surface area contributed by atoms with Crippen LogP contribution in [-0.2, 0) is 59.4 Å². The summed E-state index contributed by atoms with van der Waals surface area (Å²) in [4.78, 5) is 108. The van der Waals surface area contributed by atoms with Crippen LogP contribution in [0.1, 0.15) is 66.0 Å². The van der Waals surface area contributed by atoms with Crippen LogP contribution in [0.2, 0.25) is 0 Å². The van der Waals surface area contributed by atoms with Crippen molar-refractivity contribution in [3.8, 4) is 5.75 Å². The van der Waals surface area contributed by atoms with E-state index >= 15 is 14.4 Å². The zero-order chi connectivity index (χ0) is 54.1. The number of H-pyrrole nitrogens is 1. The molecule has 0 aliphatic carbocycles. The molecule has 77 heavy (non-hydrogen) atoms. The summed E-state index contributed by atoms with van der Waals surface area (Å²) >= 11 is 0. The van der Waals surface area contributed by atoms with Gasteiger partial charge in [0.2, 0.25) is 29.5 Å². The molecule has 2 fully saturated rings. The number of rotatable bonds is 17. The number of carbonyl (C=O) groups is 7. The Morgan fingerprint density at radius 1 is 0.623 bits per heavy atom. The van der Waals surface area contributed by atoms with Crippen molar-refractivity contribution >= 4 is 52.3 Å². The number of aromatic amines is 1. The van der Waals surface area contributed by atoms with Crippen LogP contribution in [0.5, 0.6) is 5.75 Å². The summed E-state index contributed by atoms with van der Waals surface area (Å²) in [7, 11) is 0. The number of nitrogens with two attached hydrogens (primary N) is 2. The van der Waals surface area contributed by atoms with E-state index in [-0.39, 0.29) is 58.2 Å². The molecule has 6 aromatic rings. The first-order chi connectivity index (χ1) is 37.5. The number of ether oxygens (including phenoxy) is 2. The highest BCUT2D eigenvalue weighted by atomic mass is 16.6. The molecule has 7 atom stereocenters. The predicted molar refractivity (Wildman–Crippen MR) is 290 cm³/mol. The number of ketones is 1. The highest BCUT2D eigenvalue weighted by Gasteiger charge is 2.45. The number of para-hydroxylation sites is 1. The van der Waals surface area contributed by atoms with Crippen LogP contribution >= 0.6 is 0 Å². The Morgan fingerprint density at radius 3 is 1.97 bits per heavy atom. The summed E-state index contributed by atoms with van der Waals surface area (Å²) in [5, 5.41) is 15.2. The van der Waals surface area contributed by atoms with Crippen LogP contribution in [0.3, 0.4) is 0 Å². The minimum atomic E-state index is -1.39. The van der Waals surface area contributed by atoms with Crippen molar-refractivity contribution in [1.29, 1.82) is 0 Å². The molecule has 402 valence electrons. The third kappa shape index (κ3) is 15.0. The van der Waals surface area contributed by atoms with E-state index in [0.29, 0.717) is 48.4 Å². The highest BCUT2D eigenvalue weighted by Crippen LogP contribution is 2.27. The number of hydrogen-bond acceptors (Lipinski definition) is 11. The van der Waals surface area contributed by atoms with Gasteiger partial charge in [0.1, 0.15) is 42.6 Å². The molecule has 2 aliphatic rings. The maximum absolute atomic E-state index is 15.3. The van der Waals surface area contributed by atoms with Gasteiger partial charge in [0.15, 0.2) is 5.78 Å². The average molecular weight is 1050 g/mol. The molecule has 8 rings (SSSR count). The largest absolute Gasteiger partial charge is 0.489 e. The van der Waals surface area contributed by atoms with Gasteiger partial charge in [-0.05, 0) is 65.4 Å². The van der Waals surface area contributed by atoms with Crippen molar-refractivity contribution < 1.29 is 43.0 Å². The summed E-state index contributed by atoms with van der Waals surface area (Å²) in [6.45, 7) is 0.669. The van der Waals surface area contributed by atoms with E-state index in [1.807, 2.05) is 60.7 Å². The topological polar surface area (TPSA) is 269 Å². The van der Waals surface area contributed by atoms with E-state index < -0.39 is 83.6 Å². The maximum Gasteiger partial charge on any atom is 0.407 e. The lowest BCUT2D eigenvalue weighted by Crippen LogP contribution is -2.59. The lowest BCUT2D eigenvalue weighted by molar-refractivity contribution is -0.143. The van der Waals surface area contributed by atoms with Crippen LogP contribution < -0.4 is 42.8 Å². The molecule has 2 saturated heterocycles. The summed E-state index contributed by atoms with van der Waals surface area (Å²) in [5.41, 5.74) is 15.8. The fourth-order valence-corrected chi connectivity index (χ4v) is 9.91. The van der Waals surface area contributed by atoms with Crippen LogP contribution in [0.25, 0.3) is 10.9 Å². The fourth-order valence-electron chi connectivity index (χ4n) is 9.91. The number of Topliss-reactive ketones (excluding diaryl/α,β-unsaturated/α-hetero) is 1. The molecule has 18 heteroatoms. The zero-order valence-electron chi connectivity index (χ0n) is 42.9. The van der Waals surface area contributed by atoms with Gasteiger partial charge in [-0.3, -0.25) is 28.8 Å². The quantitative estimate of drug-likeness (QED) is 0.0591. The third-order valence-corrected chi connectivity index (χ3v) is 14.0. The van der Waals surface area contributed by atoms with Crippen LogP contribution in [0.4, 0.5) is 4.79 Å². The molecule has 3 heterocycles. The smallest absolute Gasteiger partial charge is 0.407 e. The van der Waals surface area contributed by atoms with Crippen LogP contribution in [0, 0.1) is 5.92 Å². The molecule has 0 radical (unpaired) electrons. The number of amides is 6. The second-order valence-corrected chi connectivity index (χ2v) is 19.5. The lowest BCUT2D eigenvalue weighted by Gasteiger charge is -2.31. The average Bonchev–Trinajstić information content (AvgIpc) is 4.08. The van der Waals surface area contributed by atoms with Crippen LogP contribution in [0.15, 0.2) is 146 Å². The molecule has 10 N–H and O–H groups in total. The first kappa shape index (κ1) is 54.9. The van der Waals surface area contributed by atoms with Crippen molar-refractivity contribution in [2.75, 3.05) is 26.2 Å². The Bertz CT molecular complexity index is 2960. The van der Waals surface area contributed by atoms with Gasteiger partial charge in [0, 0.05) is 68.2 Å². The van der Waals surface area contributed by atoms with Crippen molar-refractivity contribution in [1.82, 2.24) is 36.5 Å². The molecular weight excluding hydrogens is 979 g/mol. The molecule has 0 unspecified atom stereocenters. The number of benzene rings is 5. The van der Waals surface area contributed by atoms with E-state index in [2.05, 4.69) is 31.6 Å². The van der Waals surface area contributed by atoms with Gasteiger partial charge in [-0.1, -0.05) is 128 Å². The Morgan fingerprint density at radius 2 is 1.26 bits per heavy atom. The summed E-state index contributed by atoms with van der Waals surface area (Å²) in [6.07, 6.45) is 0.701. The monoisotopic (exact) mass is 1050 g/mol. The minimum Gasteiger partial charge on any atom is -0.489 e. The number of nitrogens with one attached hydrogen (secondary N) is 6. The molecule has 2 aliphatic heterocycles. The van der Waals surface area contributed by atoms with Crippen molar-refractivity contribution in [2.45, 2.75) is 94.3 Å². The van der Waals surface area contributed by atoms with Gasteiger partial charge in [-0.15, -0.1) is 0 Å². The van der Waals surface area contributed by atoms with Gasteiger partial charge in [0.25, 0.3) is 0 Å². The Labute approximate surface area is 447 Å². The first-order valence-corrected chi connectivity index (χ1v) is 26.2. The molecule has 1 aromatic heterocycles. The third-order valence-electron chi connectivity index (χ3n) is 14.0.